The van der Waals surface area contributed by atoms with E-state index in [1.165, 1.54) is 0 Å². The topological polar surface area (TPSA) is 84.4 Å². The Kier molecular flexibility index (Phi) is 4.62. The van der Waals surface area contributed by atoms with Crippen LogP contribution >= 0.6 is 0 Å². The highest BCUT2D eigenvalue weighted by Gasteiger charge is 2.44. The first-order valence-electron chi connectivity index (χ1n) is 8.76. The summed E-state index contributed by atoms with van der Waals surface area (Å²) in [6.07, 6.45) is 7.80. The second-order valence-corrected chi connectivity index (χ2v) is 6.62. The molecule has 0 spiro atoms. The standard InChI is InChI=1S/C19H20N4O3/c24-18(22-15-2-1-6-21-11-15)14-10-17-16(5-9-26-17)23(12-14)19(25)13-3-7-20-8-4-13/h1-4,6-8,11,14,16-17H,5,9-10,12H2,(H,22,24)/t14-,16+,17+/m0/s1. The minimum atomic E-state index is -0.319. The van der Waals surface area contributed by atoms with Crippen LogP contribution in [0.2, 0.25) is 0 Å². The Morgan fingerprint density at radius 1 is 1.15 bits per heavy atom. The van der Waals surface area contributed by atoms with Crippen molar-refractivity contribution in [2.45, 2.75) is 25.0 Å². The summed E-state index contributed by atoms with van der Waals surface area (Å²) in [4.78, 5) is 35.5. The molecule has 2 saturated heterocycles. The van der Waals surface area contributed by atoms with E-state index in [0.717, 1.165) is 6.42 Å². The van der Waals surface area contributed by atoms with Crippen molar-refractivity contribution in [2.24, 2.45) is 5.92 Å². The van der Waals surface area contributed by atoms with Crippen LogP contribution in [0.15, 0.2) is 49.1 Å². The van der Waals surface area contributed by atoms with Crippen molar-refractivity contribution < 1.29 is 14.3 Å². The van der Waals surface area contributed by atoms with Crippen molar-refractivity contribution in [3.63, 3.8) is 0 Å². The van der Waals surface area contributed by atoms with Gasteiger partial charge < -0.3 is 15.0 Å². The van der Waals surface area contributed by atoms with E-state index in [1.807, 2.05) is 0 Å². The molecule has 0 saturated carbocycles. The fourth-order valence-electron chi connectivity index (χ4n) is 3.71. The van der Waals surface area contributed by atoms with Crippen molar-refractivity contribution >= 4 is 17.5 Å². The Hall–Kier alpha value is -2.80. The molecule has 26 heavy (non-hydrogen) atoms. The number of ether oxygens (including phenoxy) is 1. The summed E-state index contributed by atoms with van der Waals surface area (Å²) >= 11 is 0. The average molecular weight is 352 g/mol. The van der Waals surface area contributed by atoms with Crippen LogP contribution in [0.1, 0.15) is 23.2 Å². The third-order valence-electron chi connectivity index (χ3n) is 5.00. The number of nitrogens with zero attached hydrogens (tertiary/aromatic N) is 3. The van der Waals surface area contributed by atoms with Gasteiger partial charge in [-0.05, 0) is 37.1 Å². The number of rotatable bonds is 3. The molecule has 3 atom stereocenters. The number of nitrogens with one attached hydrogen (secondary N) is 1. The molecule has 4 heterocycles. The first-order chi connectivity index (χ1) is 12.7. The van der Waals surface area contributed by atoms with E-state index < -0.39 is 0 Å². The molecule has 4 rings (SSSR count). The number of piperidine rings is 1. The van der Waals surface area contributed by atoms with Gasteiger partial charge in [0.15, 0.2) is 0 Å². The van der Waals surface area contributed by atoms with Crippen LogP contribution in [-0.2, 0) is 9.53 Å². The lowest BCUT2D eigenvalue weighted by Gasteiger charge is -2.40. The molecule has 7 heteroatoms. The summed E-state index contributed by atoms with van der Waals surface area (Å²) in [5, 5.41) is 2.89. The van der Waals surface area contributed by atoms with E-state index in [-0.39, 0.29) is 29.9 Å². The molecule has 2 fully saturated rings. The van der Waals surface area contributed by atoms with Crippen LogP contribution in [0.25, 0.3) is 0 Å². The predicted octanol–water partition coefficient (Wildman–Crippen LogP) is 1.73. The Morgan fingerprint density at radius 2 is 2.00 bits per heavy atom. The smallest absolute Gasteiger partial charge is 0.254 e. The molecule has 2 aromatic heterocycles. The molecule has 2 amide bonds. The Balaban J connectivity index is 1.53. The van der Waals surface area contributed by atoms with Crippen LogP contribution in [-0.4, -0.2) is 52.0 Å². The largest absolute Gasteiger partial charge is 0.376 e. The maximum Gasteiger partial charge on any atom is 0.254 e. The van der Waals surface area contributed by atoms with Gasteiger partial charge in [0.05, 0.1) is 29.9 Å². The van der Waals surface area contributed by atoms with E-state index in [0.29, 0.717) is 30.8 Å². The third kappa shape index (κ3) is 3.30. The van der Waals surface area contributed by atoms with E-state index in [1.54, 1.807) is 54.0 Å². The number of pyridine rings is 2. The molecule has 2 aromatic rings. The average Bonchev–Trinajstić information content (AvgIpc) is 3.17. The summed E-state index contributed by atoms with van der Waals surface area (Å²) in [6, 6.07) is 6.99. The van der Waals surface area contributed by atoms with Gasteiger partial charge in [0.2, 0.25) is 5.91 Å². The quantitative estimate of drug-likeness (QED) is 0.909. The van der Waals surface area contributed by atoms with Gasteiger partial charge in [-0.2, -0.15) is 0 Å². The van der Waals surface area contributed by atoms with E-state index >= 15 is 0 Å². The molecular formula is C19H20N4O3. The first kappa shape index (κ1) is 16.7. The highest BCUT2D eigenvalue weighted by Crippen LogP contribution is 2.32. The van der Waals surface area contributed by atoms with Crippen molar-refractivity contribution in [2.75, 3.05) is 18.5 Å². The Bertz CT molecular complexity index is 784. The Morgan fingerprint density at radius 3 is 2.77 bits per heavy atom. The zero-order valence-electron chi connectivity index (χ0n) is 14.2. The number of likely N-dealkylation sites (tertiary alicyclic amines) is 1. The predicted molar refractivity (Wildman–Crippen MR) is 94.4 cm³/mol. The number of anilines is 1. The van der Waals surface area contributed by atoms with Crippen LogP contribution in [0.4, 0.5) is 5.69 Å². The number of hydrogen-bond donors (Lipinski definition) is 1. The molecule has 0 unspecified atom stereocenters. The van der Waals surface area contributed by atoms with Crippen LogP contribution in [0.5, 0.6) is 0 Å². The fourth-order valence-corrected chi connectivity index (χ4v) is 3.71. The van der Waals surface area contributed by atoms with Gasteiger partial charge in [-0.3, -0.25) is 19.6 Å². The minimum absolute atomic E-state index is 0.0260. The summed E-state index contributed by atoms with van der Waals surface area (Å²) in [7, 11) is 0. The van der Waals surface area contributed by atoms with Gasteiger partial charge >= 0.3 is 0 Å². The number of amides is 2. The molecule has 2 aliphatic heterocycles. The highest BCUT2D eigenvalue weighted by atomic mass is 16.5. The summed E-state index contributed by atoms with van der Waals surface area (Å²) < 4.78 is 5.81. The molecule has 1 N–H and O–H groups in total. The highest BCUT2D eigenvalue weighted by molar-refractivity contribution is 5.96. The fraction of sp³-hybridized carbons (Fsp3) is 0.368. The monoisotopic (exact) mass is 352 g/mol. The molecule has 0 aliphatic carbocycles. The lowest BCUT2D eigenvalue weighted by molar-refractivity contribution is -0.123. The van der Waals surface area contributed by atoms with Crippen LogP contribution in [0, 0.1) is 5.92 Å². The lowest BCUT2D eigenvalue weighted by atomic mass is 9.89. The zero-order chi connectivity index (χ0) is 17.9. The minimum Gasteiger partial charge on any atom is -0.376 e. The SMILES string of the molecule is O=C(Nc1cccnc1)[C@H]1C[C@H]2OCC[C@H]2N(C(=O)c2ccncc2)C1. The molecule has 134 valence electrons. The first-order valence-corrected chi connectivity index (χ1v) is 8.76. The number of carbonyl (C=O) groups excluding carboxylic acids is 2. The van der Waals surface area contributed by atoms with Gasteiger partial charge in [0, 0.05) is 37.3 Å². The van der Waals surface area contributed by atoms with Crippen molar-refractivity contribution in [1.29, 1.82) is 0 Å². The number of fused-ring (bicyclic) bond motifs is 1. The second kappa shape index (κ2) is 7.21. The van der Waals surface area contributed by atoms with Crippen LogP contribution < -0.4 is 5.32 Å². The lowest BCUT2D eigenvalue weighted by Crippen LogP contribution is -2.54. The Labute approximate surface area is 151 Å². The van der Waals surface area contributed by atoms with E-state index in [9.17, 15) is 9.59 Å². The molecule has 7 nitrogen and oxygen atoms in total. The van der Waals surface area contributed by atoms with Gasteiger partial charge in [-0.25, -0.2) is 0 Å². The van der Waals surface area contributed by atoms with E-state index in [4.69, 9.17) is 4.74 Å². The molecule has 0 bridgehead atoms. The van der Waals surface area contributed by atoms with Crippen LogP contribution in [0.3, 0.4) is 0 Å². The van der Waals surface area contributed by atoms with E-state index in [2.05, 4.69) is 15.3 Å². The zero-order valence-corrected chi connectivity index (χ0v) is 14.2. The molecular weight excluding hydrogens is 332 g/mol. The van der Waals surface area contributed by atoms with Crippen molar-refractivity contribution in [3.8, 4) is 0 Å². The summed E-state index contributed by atoms with van der Waals surface area (Å²) in [5.41, 5.74) is 1.23. The second-order valence-electron chi connectivity index (χ2n) is 6.62. The van der Waals surface area contributed by atoms with Gasteiger partial charge in [-0.15, -0.1) is 0 Å². The number of carbonyl (C=O) groups is 2. The van der Waals surface area contributed by atoms with Gasteiger partial charge in [0.1, 0.15) is 0 Å². The maximum atomic E-state index is 13.0. The molecule has 0 aromatic carbocycles. The van der Waals surface area contributed by atoms with Gasteiger partial charge in [0.25, 0.3) is 5.91 Å². The summed E-state index contributed by atoms with van der Waals surface area (Å²) in [6.45, 7) is 1.00. The number of aromatic nitrogens is 2. The van der Waals surface area contributed by atoms with Crippen molar-refractivity contribution in [1.82, 2.24) is 14.9 Å². The molecule has 0 radical (unpaired) electrons. The maximum absolute atomic E-state index is 13.0. The molecule has 2 aliphatic rings. The summed E-state index contributed by atoms with van der Waals surface area (Å²) in [5.74, 6) is -0.508. The van der Waals surface area contributed by atoms with Crippen molar-refractivity contribution in [3.05, 3.63) is 54.6 Å². The number of hydrogen-bond acceptors (Lipinski definition) is 5. The normalized spacial score (nSPS) is 24.8. The third-order valence-corrected chi connectivity index (χ3v) is 5.00. The van der Waals surface area contributed by atoms with Gasteiger partial charge in [-0.1, -0.05) is 0 Å².